The van der Waals surface area contributed by atoms with Crippen molar-refractivity contribution in [3.8, 4) is 0 Å². The van der Waals surface area contributed by atoms with E-state index in [2.05, 4.69) is 61.1 Å². The molecule has 0 aliphatic carbocycles. The predicted octanol–water partition coefficient (Wildman–Crippen LogP) is 4.65. The van der Waals surface area contributed by atoms with E-state index in [0.717, 1.165) is 13.0 Å². The van der Waals surface area contributed by atoms with Crippen LogP contribution in [0.25, 0.3) is 0 Å². The molecule has 0 radical (unpaired) electrons. The van der Waals surface area contributed by atoms with E-state index in [1.54, 1.807) is 11.3 Å². The Kier molecular flexibility index (Phi) is 5.17. The summed E-state index contributed by atoms with van der Waals surface area (Å²) in [4.78, 5) is 0. The number of rotatable bonds is 6. The van der Waals surface area contributed by atoms with Crippen molar-refractivity contribution in [2.45, 2.75) is 39.7 Å². The van der Waals surface area contributed by atoms with E-state index in [-0.39, 0.29) is 0 Å². The molecule has 0 spiro atoms. The smallest absolute Gasteiger partial charge is 0.0361 e. The molecule has 1 heterocycles. The molecule has 102 valence electrons. The minimum atomic E-state index is 0.424. The van der Waals surface area contributed by atoms with Crippen LogP contribution in [-0.2, 0) is 6.42 Å². The topological polar surface area (TPSA) is 12.0 Å². The third-order valence-corrected chi connectivity index (χ3v) is 4.04. The Hall–Kier alpha value is -1.12. The number of hydrogen-bond donors (Lipinski definition) is 1. The van der Waals surface area contributed by atoms with Crippen molar-refractivity contribution in [1.29, 1.82) is 0 Å². The molecule has 0 saturated carbocycles. The van der Waals surface area contributed by atoms with Gasteiger partial charge in [0, 0.05) is 6.04 Å². The van der Waals surface area contributed by atoms with Crippen LogP contribution in [-0.4, -0.2) is 6.54 Å². The molecule has 1 nitrogen and oxygen atoms in total. The number of hydrogen-bond acceptors (Lipinski definition) is 2. The van der Waals surface area contributed by atoms with Gasteiger partial charge in [-0.2, -0.15) is 11.3 Å². The molecule has 0 amide bonds. The highest BCUT2D eigenvalue weighted by Crippen LogP contribution is 2.22. The minimum absolute atomic E-state index is 0.424. The van der Waals surface area contributed by atoms with Gasteiger partial charge in [-0.15, -0.1) is 0 Å². The van der Waals surface area contributed by atoms with Crippen molar-refractivity contribution in [1.82, 2.24) is 5.32 Å². The van der Waals surface area contributed by atoms with Crippen molar-refractivity contribution < 1.29 is 0 Å². The van der Waals surface area contributed by atoms with Crippen molar-refractivity contribution in [3.63, 3.8) is 0 Å². The summed E-state index contributed by atoms with van der Waals surface area (Å²) in [5.41, 5.74) is 5.54. The van der Waals surface area contributed by atoms with Crippen LogP contribution < -0.4 is 5.32 Å². The summed E-state index contributed by atoms with van der Waals surface area (Å²) in [6, 6.07) is 9.52. The normalized spacial score (nSPS) is 12.6. The van der Waals surface area contributed by atoms with Crippen LogP contribution >= 0.6 is 11.3 Å². The first-order valence-corrected chi connectivity index (χ1v) is 7.96. The Labute approximate surface area is 120 Å². The van der Waals surface area contributed by atoms with Crippen molar-refractivity contribution in [3.05, 3.63) is 57.3 Å². The first-order chi connectivity index (χ1) is 9.19. The molecule has 2 rings (SSSR count). The van der Waals surface area contributed by atoms with Crippen molar-refractivity contribution in [2.24, 2.45) is 0 Å². The monoisotopic (exact) mass is 273 g/mol. The molecule has 2 aromatic rings. The molecular formula is C17H23NS. The van der Waals surface area contributed by atoms with Gasteiger partial charge in [-0.1, -0.05) is 36.2 Å². The molecule has 1 atom stereocenters. The second-order valence-electron chi connectivity index (χ2n) is 5.26. The summed E-state index contributed by atoms with van der Waals surface area (Å²) >= 11 is 1.78. The van der Waals surface area contributed by atoms with Gasteiger partial charge in [-0.05, 0) is 61.2 Å². The van der Waals surface area contributed by atoms with Crippen molar-refractivity contribution >= 4 is 11.3 Å². The van der Waals surface area contributed by atoms with E-state index in [9.17, 15) is 0 Å². The molecule has 1 aromatic carbocycles. The van der Waals surface area contributed by atoms with E-state index in [0.29, 0.717) is 6.04 Å². The molecule has 0 fully saturated rings. The largest absolute Gasteiger partial charge is 0.310 e. The Morgan fingerprint density at radius 2 is 1.89 bits per heavy atom. The molecule has 0 aliphatic rings. The van der Waals surface area contributed by atoms with Gasteiger partial charge < -0.3 is 5.32 Å². The van der Waals surface area contributed by atoms with Crippen LogP contribution in [0.2, 0.25) is 0 Å². The fraction of sp³-hybridized carbons (Fsp3) is 0.412. The Morgan fingerprint density at radius 1 is 1.16 bits per heavy atom. The second-order valence-corrected chi connectivity index (χ2v) is 6.04. The van der Waals surface area contributed by atoms with Gasteiger partial charge in [0.1, 0.15) is 0 Å². The molecule has 19 heavy (non-hydrogen) atoms. The number of nitrogens with one attached hydrogen (secondary N) is 1. The molecular weight excluding hydrogens is 250 g/mol. The van der Waals surface area contributed by atoms with Gasteiger partial charge in [0.2, 0.25) is 0 Å². The van der Waals surface area contributed by atoms with E-state index in [1.165, 1.54) is 28.7 Å². The zero-order chi connectivity index (χ0) is 13.7. The van der Waals surface area contributed by atoms with E-state index in [1.807, 2.05) is 0 Å². The summed E-state index contributed by atoms with van der Waals surface area (Å²) < 4.78 is 0. The fourth-order valence-corrected chi connectivity index (χ4v) is 3.16. The van der Waals surface area contributed by atoms with Crippen LogP contribution in [0.15, 0.2) is 35.0 Å². The van der Waals surface area contributed by atoms with Gasteiger partial charge in [-0.3, -0.25) is 0 Å². The maximum Gasteiger partial charge on any atom is 0.0361 e. The molecule has 2 heteroatoms. The number of thiophene rings is 1. The summed E-state index contributed by atoms with van der Waals surface area (Å²) in [6.07, 6.45) is 2.25. The van der Waals surface area contributed by atoms with Crippen LogP contribution in [0.1, 0.15) is 41.6 Å². The zero-order valence-electron chi connectivity index (χ0n) is 12.1. The lowest BCUT2D eigenvalue weighted by atomic mass is 9.97. The molecule has 1 N–H and O–H groups in total. The average Bonchev–Trinajstić information content (AvgIpc) is 2.86. The van der Waals surface area contributed by atoms with Crippen LogP contribution in [0, 0.1) is 13.8 Å². The van der Waals surface area contributed by atoms with Gasteiger partial charge in [0.15, 0.2) is 0 Å². The fourth-order valence-electron chi connectivity index (χ4n) is 2.48. The first kappa shape index (κ1) is 14.3. The SMILES string of the molecule is CCCNC(Cc1ccsc1)c1cc(C)cc(C)c1. The summed E-state index contributed by atoms with van der Waals surface area (Å²) in [6.45, 7) is 7.65. The van der Waals surface area contributed by atoms with Crippen LogP contribution in [0.4, 0.5) is 0 Å². The van der Waals surface area contributed by atoms with Crippen LogP contribution in [0.5, 0.6) is 0 Å². The van der Waals surface area contributed by atoms with E-state index in [4.69, 9.17) is 0 Å². The third-order valence-electron chi connectivity index (χ3n) is 3.31. The lowest BCUT2D eigenvalue weighted by Gasteiger charge is -2.20. The molecule has 0 aliphatic heterocycles. The maximum atomic E-state index is 3.68. The van der Waals surface area contributed by atoms with Gasteiger partial charge in [0.05, 0.1) is 0 Å². The summed E-state index contributed by atoms with van der Waals surface area (Å²) in [7, 11) is 0. The zero-order valence-corrected chi connectivity index (χ0v) is 12.9. The van der Waals surface area contributed by atoms with Crippen LogP contribution in [0.3, 0.4) is 0 Å². The Balaban J connectivity index is 2.20. The standard InChI is InChI=1S/C17H23NS/c1-4-6-18-17(11-15-5-7-19-12-15)16-9-13(2)8-14(3)10-16/h5,7-10,12,17-18H,4,6,11H2,1-3H3. The molecule has 1 aromatic heterocycles. The van der Waals surface area contributed by atoms with Crippen molar-refractivity contribution in [2.75, 3.05) is 6.54 Å². The number of aryl methyl sites for hydroxylation is 2. The molecule has 1 unspecified atom stereocenters. The Bertz CT molecular complexity index is 482. The van der Waals surface area contributed by atoms with Gasteiger partial charge in [0.25, 0.3) is 0 Å². The van der Waals surface area contributed by atoms with Gasteiger partial charge in [-0.25, -0.2) is 0 Å². The van der Waals surface area contributed by atoms with E-state index >= 15 is 0 Å². The average molecular weight is 273 g/mol. The Morgan fingerprint density at radius 3 is 2.47 bits per heavy atom. The third kappa shape index (κ3) is 4.19. The maximum absolute atomic E-state index is 3.68. The van der Waals surface area contributed by atoms with E-state index < -0.39 is 0 Å². The summed E-state index contributed by atoms with van der Waals surface area (Å²) in [5, 5.41) is 8.10. The molecule has 0 bridgehead atoms. The number of benzene rings is 1. The lowest BCUT2D eigenvalue weighted by molar-refractivity contribution is 0.529. The highest BCUT2D eigenvalue weighted by molar-refractivity contribution is 7.07. The first-order valence-electron chi connectivity index (χ1n) is 7.01. The minimum Gasteiger partial charge on any atom is -0.310 e. The molecule has 0 saturated heterocycles. The highest BCUT2D eigenvalue weighted by atomic mass is 32.1. The predicted molar refractivity (Wildman–Crippen MR) is 85.0 cm³/mol. The second kappa shape index (κ2) is 6.88. The lowest BCUT2D eigenvalue weighted by Crippen LogP contribution is -2.24. The quantitative estimate of drug-likeness (QED) is 0.808. The summed E-state index contributed by atoms with van der Waals surface area (Å²) in [5.74, 6) is 0. The van der Waals surface area contributed by atoms with Gasteiger partial charge >= 0.3 is 0 Å². The highest BCUT2D eigenvalue weighted by Gasteiger charge is 2.12.